The average molecular weight is 205 g/mol. The van der Waals surface area contributed by atoms with Gasteiger partial charge in [0.1, 0.15) is 0 Å². The number of rotatable bonds is 1. The van der Waals surface area contributed by atoms with Crippen LogP contribution in [-0.4, -0.2) is 20.1 Å². The monoisotopic (exact) mass is 205 g/mol. The van der Waals surface area contributed by atoms with Gasteiger partial charge in [0.05, 0.1) is 0 Å². The van der Waals surface area contributed by atoms with Gasteiger partial charge in [0.2, 0.25) is 0 Å². The van der Waals surface area contributed by atoms with Gasteiger partial charge in [0.15, 0.2) is 0 Å². The van der Waals surface area contributed by atoms with Crippen molar-refractivity contribution in [3.8, 4) is 0 Å². The first-order chi connectivity index (χ1) is 4.88. The van der Waals surface area contributed by atoms with E-state index in [2.05, 4.69) is 5.32 Å². The molecule has 66 valence electrons. The Balaban J connectivity index is 0.00000121. The quantitative estimate of drug-likeness (QED) is 0.532. The summed E-state index contributed by atoms with van der Waals surface area (Å²) in [7, 11) is 0. The van der Waals surface area contributed by atoms with Gasteiger partial charge in [-0.1, -0.05) is 13.8 Å². The minimum absolute atomic E-state index is 0. The van der Waals surface area contributed by atoms with Crippen LogP contribution in [0, 0.1) is 5.92 Å². The van der Waals surface area contributed by atoms with E-state index in [-0.39, 0.29) is 63.8 Å². The van der Waals surface area contributed by atoms with Crippen molar-refractivity contribution >= 4 is 6.98 Å². The molecule has 1 heterocycles. The van der Waals surface area contributed by atoms with E-state index in [1.807, 2.05) is 0 Å². The van der Waals surface area contributed by atoms with Crippen molar-refractivity contribution in [1.29, 1.82) is 0 Å². The van der Waals surface area contributed by atoms with Crippen molar-refractivity contribution in [2.24, 2.45) is 5.92 Å². The summed E-state index contributed by atoms with van der Waals surface area (Å²) in [6, 6.07) is 0. The Bertz CT molecular complexity index is 163. The molecule has 0 bridgehead atoms. The van der Waals surface area contributed by atoms with Crippen LogP contribution in [-0.2, 0) is 0 Å². The van der Waals surface area contributed by atoms with Crippen LogP contribution in [0.4, 0.5) is 12.9 Å². The van der Waals surface area contributed by atoms with E-state index < -0.39 is 12.3 Å². The fraction of sp³-hybridized carbons (Fsp3) is 1.00. The SMILES string of the molecule is CC1CNCC1(C)[B-](F)(F)F.[K+]. The molecule has 0 amide bonds. The molecule has 0 aliphatic carbocycles. The van der Waals surface area contributed by atoms with Crippen molar-refractivity contribution in [2.75, 3.05) is 13.1 Å². The molecular formula is C6H12BF3KN. The number of halogens is 3. The van der Waals surface area contributed by atoms with Crippen LogP contribution in [0.1, 0.15) is 13.8 Å². The van der Waals surface area contributed by atoms with E-state index in [1.165, 1.54) is 6.92 Å². The van der Waals surface area contributed by atoms with Gasteiger partial charge >= 0.3 is 58.4 Å². The van der Waals surface area contributed by atoms with Crippen molar-refractivity contribution in [3.63, 3.8) is 0 Å². The van der Waals surface area contributed by atoms with Crippen LogP contribution in [0.2, 0.25) is 5.31 Å². The van der Waals surface area contributed by atoms with Crippen LogP contribution < -0.4 is 56.7 Å². The van der Waals surface area contributed by atoms with Gasteiger partial charge in [0.25, 0.3) is 0 Å². The minimum atomic E-state index is -4.70. The second-order valence-electron chi connectivity index (χ2n) is 3.61. The third-order valence-corrected chi connectivity index (χ3v) is 2.83. The molecule has 0 spiro atoms. The summed E-state index contributed by atoms with van der Waals surface area (Å²) in [5.74, 6) is -0.289. The van der Waals surface area contributed by atoms with Crippen molar-refractivity contribution in [3.05, 3.63) is 0 Å². The van der Waals surface area contributed by atoms with Crippen LogP contribution >= 0.6 is 0 Å². The average Bonchev–Trinajstić information content (AvgIpc) is 2.12. The largest absolute Gasteiger partial charge is 1.00 e. The Morgan fingerprint density at radius 3 is 2.08 bits per heavy atom. The smallest absolute Gasteiger partial charge is 0.448 e. The van der Waals surface area contributed by atoms with E-state index in [0.29, 0.717) is 6.54 Å². The fourth-order valence-corrected chi connectivity index (χ4v) is 1.40. The molecule has 1 aliphatic rings. The van der Waals surface area contributed by atoms with Gasteiger partial charge in [-0.25, -0.2) is 0 Å². The van der Waals surface area contributed by atoms with Gasteiger partial charge in [0, 0.05) is 0 Å². The third-order valence-electron chi connectivity index (χ3n) is 2.83. The fourth-order valence-electron chi connectivity index (χ4n) is 1.40. The molecule has 0 aromatic heterocycles. The Morgan fingerprint density at radius 2 is 1.92 bits per heavy atom. The van der Waals surface area contributed by atoms with Crippen molar-refractivity contribution in [2.45, 2.75) is 19.2 Å². The predicted molar refractivity (Wildman–Crippen MR) is 39.5 cm³/mol. The topological polar surface area (TPSA) is 12.0 Å². The summed E-state index contributed by atoms with van der Waals surface area (Å²) in [4.78, 5) is 0. The molecule has 0 aromatic rings. The molecule has 1 saturated heterocycles. The first kappa shape index (κ1) is 13.5. The summed E-state index contributed by atoms with van der Waals surface area (Å²) in [6.45, 7) is -1.19. The predicted octanol–water partition coefficient (Wildman–Crippen LogP) is -1.16. The van der Waals surface area contributed by atoms with Gasteiger partial charge in [-0.05, 0) is 24.3 Å². The normalized spacial score (nSPS) is 36.2. The molecule has 0 radical (unpaired) electrons. The summed E-state index contributed by atoms with van der Waals surface area (Å²) in [6.07, 6.45) is 0. The first-order valence-electron chi connectivity index (χ1n) is 3.78. The number of hydrogen-bond donors (Lipinski definition) is 1. The number of hydrogen-bond acceptors (Lipinski definition) is 1. The van der Waals surface area contributed by atoms with Gasteiger partial charge in [-0.15, -0.1) is 0 Å². The zero-order valence-electron chi connectivity index (χ0n) is 7.70. The summed E-state index contributed by atoms with van der Waals surface area (Å²) < 4.78 is 37.3. The van der Waals surface area contributed by atoms with E-state index in [0.717, 1.165) is 0 Å². The van der Waals surface area contributed by atoms with Gasteiger partial charge in [-0.2, -0.15) is 0 Å². The van der Waals surface area contributed by atoms with E-state index in [9.17, 15) is 12.9 Å². The molecule has 0 saturated carbocycles. The van der Waals surface area contributed by atoms with Crippen LogP contribution in [0.5, 0.6) is 0 Å². The Morgan fingerprint density at radius 1 is 1.42 bits per heavy atom. The molecule has 2 atom stereocenters. The molecule has 1 aliphatic heterocycles. The molecule has 1 rings (SSSR count). The molecule has 1 nitrogen and oxygen atoms in total. The zero-order chi connectivity index (χ0) is 8.70. The van der Waals surface area contributed by atoms with E-state index in [1.54, 1.807) is 6.92 Å². The van der Waals surface area contributed by atoms with E-state index in [4.69, 9.17) is 0 Å². The van der Waals surface area contributed by atoms with Gasteiger partial charge < -0.3 is 18.3 Å². The van der Waals surface area contributed by atoms with Crippen molar-refractivity contribution < 1.29 is 64.3 Å². The van der Waals surface area contributed by atoms with Crippen LogP contribution in [0.25, 0.3) is 0 Å². The third kappa shape index (κ3) is 2.27. The molecule has 0 aromatic carbocycles. The van der Waals surface area contributed by atoms with E-state index >= 15 is 0 Å². The van der Waals surface area contributed by atoms with Crippen LogP contribution in [0.3, 0.4) is 0 Å². The Labute approximate surface area is 113 Å². The summed E-state index contributed by atoms with van der Waals surface area (Å²) >= 11 is 0. The summed E-state index contributed by atoms with van der Waals surface area (Å²) in [5, 5.41) is 1.31. The van der Waals surface area contributed by atoms with Gasteiger partial charge in [-0.3, -0.25) is 0 Å². The molecule has 6 heteroatoms. The van der Waals surface area contributed by atoms with Crippen LogP contribution in [0.15, 0.2) is 0 Å². The second-order valence-corrected chi connectivity index (χ2v) is 3.61. The maximum Gasteiger partial charge on any atom is 1.00 e. The zero-order valence-corrected chi connectivity index (χ0v) is 10.8. The minimum Gasteiger partial charge on any atom is -0.448 e. The molecule has 2 unspecified atom stereocenters. The molecule has 1 fully saturated rings. The molecular weight excluding hydrogens is 193 g/mol. The first-order valence-corrected chi connectivity index (χ1v) is 3.78. The second kappa shape index (κ2) is 4.32. The Kier molecular flexibility index (Phi) is 4.84. The maximum atomic E-state index is 12.4. The Hall–Kier alpha value is 1.45. The summed E-state index contributed by atoms with van der Waals surface area (Å²) in [5.41, 5.74) is 0. The standard InChI is InChI=1S/C6H12BF3N.K/c1-5-3-11-4-6(5,2)7(8,9)10;/h5,11H,3-4H2,1-2H3;/q-1;+1. The maximum absolute atomic E-state index is 12.4. The number of nitrogens with one attached hydrogen (secondary N) is 1. The molecule has 1 N–H and O–H groups in total. The molecule has 12 heavy (non-hydrogen) atoms. The van der Waals surface area contributed by atoms with Crippen molar-refractivity contribution in [1.82, 2.24) is 5.32 Å².